The van der Waals surface area contributed by atoms with Crippen LogP contribution in [0, 0.1) is 0 Å². The molecule has 0 atom stereocenters. The zero-order chi connectivity index (χ0) is 14.4. The molecule has 20 heavy (non-hydrogen) atoms. The van der Waals surface area contributed by atoms with E-state index in [0.29, 0.717) is 11.8 Å². The average Bonchev–Trinajstić information content (AvgIpc) is 2.48. The first-order valence-electron chi connectivity index (χ1n) is 6.67. The van der Waals surface area contributed by atoms with Crippen LogP contribution < -0.4 is 0 Å². The second-order valence-corrected chi connectivity index (χ2v) is 7.01. The van der Waals surface area contributed by atoms with Crippen molar-refractivity contribution in [2.75, 3.05) is 6.54 Å². The van der Waals surface area contributed by atoms with Gasteiger partial charge >= 0.3 is 0 Å². The van der Waals surface area contributed by atoms with Crippen LogP contribution in [0.25, 0.3) is 0 Å². The highest BCUT2D eigenvalue weighted by Crippen LogP contribution is 2.22. The third-order valence-corrected chi connectivity index (χ3v) is 5.38. The van der Waals surface area contributed by atoms with Gasteiger partial charge in [-0.1, -0.05) is 19.4 Å². The standard InChI is InChI=1S/C15H19IN2O2/c1-2-3-6-17-7-8-18(16-12-17)10-13-4-5-15(20)14(9-13)11-19/h4-5,7-9,11-12,20H,2-3,6,10H2,1H3. The van der Waals surface area contributed by atoms with Crippen LogP contribution in [0.1, 0.15) is 35.7 Å². The first-order chi connectivity index (χ1) is 9.72. The van der Waals surface area contributed by atoms with Crippen molar-refractivity contribution < 1.29 is 9.90 Å². The molecule has 0 fully saturated rings. The van der Waals surface area contributed by atoms with Crippen LogP contribution in [0.4, 0.5) is 0 Å². The summed E-state index contributed by atoms with van der Waals surface area (Å²) in [6, 6.07) is 5.20. The minimum Gasteiger partial charge on any atom is -0.507 e. The maximum absolute atomic E-state index is 10.8. The van der Waals surface area contributed by atoms with Crippen LogP contribution in [0.2, 0.25) is 0 Å². The molecule has 0 aromatic heterocycles. The third kappa shape index (κ3) is 4.06. The number of phenolic OH excluding ortho intramolecular Hbond substituents is 1. The molecule has 5 heteroatoms. The number of halogens is 1. The second kappa shape index (κ2) is 7.42. The fourth-order valence-electron chi connectivity index (χ4n) is 1.86. The SMILES string of the molecule is CCCCN1C=CN(Cc2ccc(O)c(C=O)c2)I=C1. The van der Waals surface area contributed by atoms with E-state index in [1.807, 2.05) is 6.07 Å². The Morgan fingerprint density at radius 2 is 2.20 bits per heavy atom. The van der Waals surface area contributed by atoms with E-state index in [9.17, 15) is 9.90 Å². The van der Waals surface area contributed by atoms with Gasteiger partial charge < -0.3 is 13.1 Å². The number of benzene rings is 1. The van der Waals surface area contributed by atoms with Gasteiger partial charge in [-0.05, 0) is 24.1 Å². The molecule has 0 bridgehead atoms. The van der Waals surface area contributed by atoms with Gasteiger partial charge in [-0.25, -0.2) is 0 Å². The summed E-state index contributed by atoms with van der Waals surface area (Å²) in [5.74, 6) is 0.0462. The lowest BCUT2D eigenvalue weighted by atomic mass is 10.1. The molecule has 1 N–H and O–H groups in total. The van der Waals surface area contributed by atoms with Crippen molar-refractivity contribution in [3.05, 3.63) is 41.7 Å². The van der Waals surface area contributed by atoms with E-state index in [0.717, 1.165) is 18.7 Å². The van der Waals surface area contributed by atoms with Crippen molar-refractivity contribution in [1.82, 2.24) is 8.01 Å². The van der Waals surface area contributed by atoms with Gasteiger partial charge in [0, 0.05) is 39.9 Å². The number of hydrogen-bond donors (Lipinski definition) is 1. The van der Waals surface area contributed by atoms with Crippen LogP contribution in [-0.4, -0.2) is 30.1 Å². The van der Waals surface area contributed by atoms with Crippen molar-refractivity contribution in [3.63, 3.8) is 0 Å². The Hall–Kier alpha value is -1.37. The Morgan fingerprint density at radius 1 is 1.35 bits per heavy atom. The van der Waals surface area contributed by atoms with Crippen LogP contribution in [0.15, 0.2) is 30.6 Å². The summed E-state index contributed by atoms with van der Waals surface area (Å²) in [4.78, 5) is 13.1. The predicted molar refractivity (Wildman–Crippen MR) is 89.9 cm³/mol. The maximum atomic E-state index is 10.8. The molecule has 0 amide bonds. The average molecular weight is 386 g/mol. The summed E-state index contributed by atoms with van der Waals surface area (Å²) >= 11 is -0.161. The number of carbonyl (C=O) groups is 1. The summed E-state index contributed by atoms with van der Waals surface area (Å²) in [7, 11) is 0. The molecule has 0 saturated carbocycles. The summed E-state index contributed by atoms with van der Waals surface area (Å²) in [6.45, 7) is 4.07. The largest absolute Gasteiger partial charge is 0.507 e. The smallest absolute Gasteiger partial charge is 0.153 e. The summed E-state index contributed by atoms with van der Waals surface area (Å²) in [5.41, 5.74) is 1.40. The lowest BCUT2D eigenvalue weighted by Crippen LogP contribution is -2.21. The highest BCUT2D eigenvalue weighted by molar-refractivity contribution is 14.2. The molecule has 1 aliphatic rings. The van der Waals surface area contributed by atoms with Gasteiger partial charge in [0.1, 0.15) is 5.75 Å². The lowest BCUT2D eigenvalue weighted by Gasteiger charge is -2.24. The van der Waals surface area contributed by atoms with Gasteiger partial charge in [0.2, 0.25) is 0 Å². The molecule has 2 rings (SSSR count). The molecule has 0 spiro atoms. The fourth-order valence-corrected chi connectivity index (χ4v) is 3.88. The van der Waals surface area contributed by atoms with Crippen molar-refractivity contribution in [2.45, 2.75) is 26.3 Å². The molecular formula is C15H19IN2O2. The Labute approximate surface area is 129 Å². The maximum Gasteiger partial charge on any atom is 0.153 e. The molecule has 0 radical (unpaired) electrons. The highest BCUT2D eigenvalue weighted by atomic mass is 127. The molecule has 4 nitrogen and oxygen atoms in total. The number of nitrogens with zero attached hydrogens (tertiary/aromatic N) is 2. The predicted octanol–water partition coefficient (Wildman–Crippen LogP) is 3.24. The van der Waals surface area contributed by atoms with Crippen LogP contribution in [-0.2, 0) is 6.54 Å². The summed E-state index contributed by atoms with van der Waals surface area (Å²) in [6.07, 6.45) is 7.35. The zero-order valence-corrected chi connectivity index (χ0v) is 13.7. The lowest BCUT2D eigenvalue weighted by molar-refractivity contribution is 0.112. The third-order valence-electron chi connectivity index (χ3n) is 3.04. The molecule has 1 aromatic carbocycles. The topological polar surface area (TPSA) is 43.8 Å². The number of unbranched alkanes of at least 4 members (excludes halogenated alkanes) is 1. The van der Waals surface area contributed by atoms with Crippen molar-refractivity contribution >= 4 is 31.4 Å². The van der Waals surface area contributed by atoms with Gasteiger partial charge in [0.05, 0.1) is 16.2 Å². The van der Waals surface area contributed by atoms with Gasteiger partial charge in [-0.15, -0.1) is 0 Å². The highest BCUT2D eigenvalue weighted by Gasteiger charge is 2.07. The number of phenols is 1. The van der Waals surface area contributed by atoms with E-state index in [2.05, 4.69) is 31.5 Å². The Balaban J connectivity index is 1.95. The molecule has 0 saturated heterocycles. The number of rotatable bonds is 6. The quantitative estimate of drug-likeness (QED) is 0.463. The Morgan fingerprint density at radius 3 is 2.85 bits per heavy atom. The number of aldehydes is 1. The molecule has 1 aliphatic heterocycles. The van der Waals surface area contributed by atoms with E-state index in [1.165, 1.54) is 12.8 Å². The van der Waals surface area contributed by atoms with Crippen LogP contribution in [0.5, 0.6) is 5.75 Å². The van der Waals surface area contributed by atoms with Gasteiger partial charge in [0.25, 0.3) is 0 Å². The molecular weight excluding hydrogens is 367 g/mol. The monoisotopic (exact) mass is 386 g/mol. The first kappa shape index (κ1) is 15.0. The van der Waals surface area contributed by atoms with E-state index < -0.39 is 0 Å². The first-order valence-corrected chi connectivity index (χ1v) is 8.88. The van der Waals surface area contributed by atoms with Gasteiger partial charge in [0.15, 0.2) is 6.29 Å². The summed E-state index contributed by atoms with van der Waals surface area (Å²) in [5, 5.41) is 9.49. The summed E-state index contributed by atoms with van der Waals surface area (Å²) < 4.78 is 4.57. The number of hydrogen-bond acceptors (Lipinski definition) is 4. The minimum atomic E-state index is -0.161. The number of carbonyl (C=O) groups excluding carboxylic acids is 1. The van der Waals surface area contributed by atoms with E-state index in [4.69, 9.17) is 0 Å². The molecule has 0 unspecified atom stereocenters. The zero-order valence-electron chi connectivity index (χ0n) is 11.5. The molecule has 1 heterocycles. The van der Waals surface area contributed by atoms with Crippen molar-refractivity contribution in [1.29, 1.82) is 0 Å². The van der Waals surface area contributed by atoms with Gasteiger partial charge in [-0.2, -0.15) is 0 Å². The van der Waals surface area contributed by atoms with Crippen molar-refractivity contribution in [2.24, 2.45) is 0 Å². The van der Waals surface area contributed by atoms with Crippen LogP contribution >= 0.6 is 21.0 Å². The van der Waals surface area contributed by atoms with Crippen LogP contribution in [0.3, 0.4) is 0 Å². The molecule has 108 valence electrons. The fraction of sp³-hybridized carbons (Fsp3) is 0.333. The Kier molecular flexibility index (Phi) is 5.58. The minimum absolute atomic E-state index is 0.0462. The molecule has 0 aliphatic carbocycles. The normalized spacial score (nSPS) is 14.2. The number of aromatic hydroxyl groups is 1. The van der Waals surface area contributed by atoms with Crippen molar-refractivity contribution in [3.8, 4) is 5.75 Å². The van der Waals surface area contributed by atoms with E-state index in [1.54, 1.807) is 12.1 Å². The van der Waals surface area contributed by atoms with E-state index >= 15 is 0 Å². The Bertz CT molecular complexity index is 515. The van der Waals surface area contributed by atoms with Gasteiger partial charge in [-0.3, -0.25) is 4.79 Å². The molecule has 1 aromatic rings. The van der Waals surface area contributed by atoms with E-state index in [-0.39, 0.29) is 26.8 Å². The second-order valence-electron chi connectivity index (χ2n) is 4.65.